The van der Waals surface area contributed by atoms with Crippen molar-refractivity contribution in [2.45, 2.75) is 26.9 Å². The van der Waals surface area contributed by atoms with Crippen molar-refractivity contribution in [1.82, 2.24) is 4.57 Å². The minimum absolute atomic E-state index is 0.0633. The lowest BCUT2D eigenvalue weighted by Crippen LogP contribution is -2.07. The quantitative estimate of drug-likeness (QED) is 0.670. The number of nitrogens with zero attached hydrogens (tertiary/aromatic N) is 2. The summed E-state index contributed by atoms with van der Waals surface area (Å²) in [5.74, 6) is 0. The van der Waals surface area contributed by atoms with Crippen molar-refractivity contribution in [1.29, 1.82) is 0 Å². The number of halogens is 1. The highest BCUT2D eigenvalue weighted by atomic mass is 35.5. The molecular weight excluding hydrogens is 278 g/mol. The van der Waals surface area contributed by atoms with E-state index < -0.39 is 4.92 Å². The number of hydrogen-bond acceptors (Lipinski definition) is 3. The standard InChI is InChI=1S/C14H16ClN3O2/c1-3-17-6-4-5-11(17)9-16-13-8-12(15)14(18(19)20)7-10(13)2/h4-8,16H,3,9H2,1-2H3. The topological polar surface area (TPSA) is 60.1 Å². The van der Waals surface area contributed by atoms with E-state index in [-0.39, 0.29) is 10.7 Å². The van der Waals surface area contributed by atoms with Gasteiger partial charge in [0.05, 0.1) is 11.5 Å². The number of aromatic nitrogens is 1. The van der Waals surface area contributed by atoms with Gasteiger partial charge in [-0.15, -0.1) is 0 Å². The van der Waals surface area contributed by atoms with Gasteiger partial charge in [0.25, 0.3) is 5.69 Å². The molecule has 0 saturated carbocycles. The van der Waals surface area contributed by atoms with E-state index in [1.807, 2.05) is 25.3 Å². The molecule has 1 heterocycles. The summed E-state index contributed by atoms with van der Waals surface area (Å²) in [5, 5.41) is 14.2. The van der Waals surface area contributed by atoms with Crippen LogP contribution in [-0.2, 0) is 13.1 Å². The molecule has 0 fully saturated rings. The van der Waals surface area contributed by atoms with Crippen molar-refractivity contribution in [2.24, 2.45) is 0 Å². The Morgan fingerprint density at radius 3 is 2.85 bits per heavy atom. The van der Waals surface area contributed by atoms with E-state index in [1.165, 1.54) is 6.07 Å². The molecule has 20 heavy (non-hydrogen) atoms. The van der Waals surface area contributed by atoms with Gasteiger partial charge >= 0.3 is 0 Å². The van der Waals surface area contributed by atoms with E-state index in [9.17, 15) is 10.1 Å². The average Bonchev–Trinajstić information content (AvgIpc) is 2.86. The number of hydrogen-bond donors (Lipinski definition) is 1. The van der Waals surface area contributed by atoms with Gasteiger partial charge in [0.1, 0.15) is 5.02 Å². The van der Waals surface area contributed by atoms with Gasteiger partial charge in [-0.2, -0.15) is 0 Å². The van der Waals surface area contributed by atoms with Gasteiger partial charge in [0, 0.05) is 30.2 Å². The molecule has 0 amide bonds. The van der Waals surface area contributed by atoms with Crippen LogP contribution in [0, 0.1) is 17.0 Å². The van der Waals surface area contributed by atoms with Crippen LogP contribution in [0.15, 0.2) is 30.5 Å². The molecule has 0 bridgehead atoms. The predicted octanol–water partition coefficient (Wildman–Crippen LogP) is 3.99. The molecule has 5 nitrogen and oxygen atoms in total. The fourth-order valence-corrected chi connectivity index (χ4v) is 2.33. The zero-order valence-corrected chi connectivity index (χ0v) is 12.1. The maximum atomic E-state index is 10.8. The first-order valence-corrected chi connectivity index (χ1v) is 6.73. The van der Waals surface area contributed by atoms with Crippen LogP contribution in [0.4, 0.5) is 11.4 Å². The van der Waals surface area contributed by atoms with Gasteiger partial charge in [-0.05, 0) is 37.6 Å². The molecule has 0 aliphatic carbocycles. The maximum absolute atomic E-state index is 10.8. The number of aryl methyl sites for hydroxylation is 2. The van der Waals surface area contributed by atoms with Gasteiger partial charge in [0.15, 0.2) is 0 Å². The molecule has 1 N–H and O–H groups in total. The molecular formula is C14H16ClN3O2. The minimum atomic E-state index is -0.471. The Morgan fingerprint density at radius 2 is 2.20 bits per heavy atom. The van der Waals surface area contributed by atoms with Crippen molar-refractivity contribution in [3.63, 3.8) is 0 Å². The molecule has 2 rings (SSSR count). The maximum Gasteiger partial charge on any atom is 0.288 e. The van der Waals surface area contributed by atoms with E-state index in [2.05, 4.69) is 16.8 Å². The van der Waals surface area contributed by atoms with Crippen molar-refractivity contribution in [3.05, 3.63) is 56.9 Å². The third kappa shape index (κ3) is 2.93. The summed E-state index contributed by atoms with van der Waals surface area (Å²) in [5.41, 5.74) is 2.70. The Hall–Kier alpha value is -2.01. The molecule has 6 heteroatoms. The van der Waals surface area contributed by atoms with Crippen molar-refractivity contribution >= 4 is 23.0 Å². The van der Waals surface area contributed by atoms with Crippen molar-refractivity contribution < 1.29 is 4.92 Å². The first-order chi connectivity index (χ1) is 9.52. The summed E-state index contributed by atoms with van der Waals surface area (Å²) in [6.07, 6.45) is 2.02. The Labute approximate surface area is 122 Å². The van der Waals surface area contributed by atoms with Gasteiger partial charge in [-0.1, -0.05) is 11.6 Å². The number of anilines is 1. The van der Waals surface area contributed by atoms with Crippen LogP contribution in [0.2, 0.25) is 5.02 Å². The normalized spacial score (nSPS) is 10.6. The summed E-state index contributed by atoms with van der Waals surface area (Å²) in [6.45, 7) is 5.46. The first-order valence-electron chi connectivity index (χ1n) is 6.35. The lowest BCUT2D eigenvalue weighted by molar-refractivity contribution is -0.384. The second kappa shape index (κ2) is 5.96. The number of benzene rings is 1. The Bertz CT molecular complexity index is 637. The molecule has 106 valence electrons. The zero-order valence-electron chi connectivity index (χ0n) is 11.4. The monoisotopic (exact) mass is 293 g/mol. The zero-order chi connectivity index (χ0) is 14.7. The van der Waals surface area contributed by atoms with E-state index in [0.717, 1.165) is 23.5 Å². The largest absolute Gasteiger partial charge is 0.379 e. The van der Waals surface area contributed by atoms with Crippen molar-refractivity contribution in [3.8, 4) is 0 Å². The molecule has 0 saturated heterocycles. The molecule has 1 aromatic heterocycles. The Kier molecular flexibility index (Phi) is 4.29. The number of nitro groups is 1. The smallest absolute Gasteiger partial charge is 0.288 e. The van der Waals surface area contributed by atoms with Crippen LogP contribution in [0.3, 0.4) is 0 Å². The van der Waals surface area contributed by atoms with Crippen LogP contribution in [-0.4, -0.2) is 9.49 Å². The van der Waals surface area contributed by atoms with E-state index >= 15 is 0 Å². The highest BCUT2D eigenvalue weighted by Gasteiger charge is 2.15. The average molecular weight is 294 g/mol. The highest BCUT2D eigenvalue weighted by Crippen LogP contribution is 2.30. The minimum Gasteiger partial charge on any atom is -0.379 e. The number of nitro benzene ring substituents is 1. The third-order valence-corrected chi connectivity index (χ3v) is 3.52. The van der Waals surface area contributed by atoms with Crippen LogP contribution in [0.1, 0.15) is 18.2 Å². The van der Waals surface area contributed by atoms with E-state index in [0.29, 0.717) is 6.54 Å². The van der Waals surface area contributed by atoms with Crippen LogP contribution < -0.4 is 5.32 Å². The molecule has 0 spiro atoms. The third-order valence-electron chi connectivity index (χ3n) is 3.21. The lowest BCUT2D eigenvalue weighted by Gasteiger charge is -2.12. The van der Waals surface area contributed by atoms with E-state index in [4.69, 9.17) is 11.6 Å². The van der Waals surface area contributed by atoms with Gasteiger partial charge < -0.3 is 9.88 Å². The molecule has 0 radical (unpaired) electrons. The summed E-state index contributed by atoms with van der Waals surface area (Å²) >= 11 is 5.93. The molecule has 2 aromatic rings. The molecule has 0 aliphatic heterocycles. The highest BCUT2D eigenvalue weighted by molar-refractivity contribution is 6.33. The summed E-state index contributed by atoms with van der Waals surface area (Å²) in [6, 6.07) is 7.13. The van der Waals surface area contributed by atoms with Gasteiger partial charge in [-0.3, -0.25) is 10.1 Å². The number of nitrogens with one attached hydrogen (secondary N) is 1. The lowest BCUT2D eigenvalue weighted by atomic mass is 10.1. The molecule has 0 unspecified atom stereocenters. The van der Waals surface area contributed by atoms with Gasteiger partial charge in [0.2, 0.25) is 0 Å². The van der Waals surface area contributed by atoms with Crippen LogP contribution in [0.5, 0.6) is 0 Å². The molecule has 0 atom stereocenters. The predicted molar refractivity (Wildman–Crippen MR) is 80.3 cm³/mol. The Morgan fingerprint density at radius 1 is 1.45 bits per heavy atom. The summed E-state index contributed by atoms with van der Waals surface area (Å²) in [4.78, 5) is 10.3. The van der Waals surface area contributed by atoms with Crippen molar-refractivity contribution in [2.75, 3.05) is 5.32 Å². The Balaban J connectivity index is 2.18. The van der Waals surface area contributed by atoms with E-state index in [1.54, 1.807) is 6.07 Å². The SMILES string of the molecule is CCn1cccc1CNc1cc(Cl)c([N+](=O)[O-])cc1C. The second-order valence-electron chi connectivity index (χ2n) is 4.51. The van der Waals surface area contributed by atoms with Crippen LogP contribution >= 0.6 is 11.6 Å². The molecule has 0 aliphatic rings. The second-order valence-corrected chi connectivity index (χ2v) is 4.92. The molecule has 1 aromatic carbocycles. The summed E-state index contributed by atoms with van der Waals surface area (Å²) < 4.78 is 2.13. The first kappa shape index (κ1) is 14.4. The fraction of sp³-hybridized carbons (Fsp3) is 0.286. The number of rotatable bonds is 5. The van der Waals surface area contributed by atoms with Crippen LogP contribution in [0.25, 0.3) is 0 Å². The van der Waals surface area contributed by atoms with Gasteiger partial charge in [-0.25, -0.2) is 0 Å². The fourth-order valence-electron chi connectivity index (χ4n) is 2.10. The summed E-state index contributed by atoms with van der Waals surface area (Å²) in [7, 11) is 0.